The molecular weight excluding hydrogens is 296 g/mol. The van der Waals surface area contributed by atoms with E-state index in [9.17, 15) is 13.2 Å². The van der Waals surface area contributed by atoms with Gasteiger partial charge in [-0.1, -0.05) is 6.07 Å². The van der Waals surface area contributed by atoms with Gasteiger partial charge in [0.1, 0.15) is 4.21 Å². The van der Waals surface area contributed by atoms with E-state index in [1.54, 1.807) is 22.4 Å². The molecule has 1 aromatic heterocycles. The molecule has 0 bridgehead atoms. The van der Waals surface area contributed by atoms with Crippen LogP contribution in [0, 0.1) is 0 Å². The summed E-state index contributed by atoms with van der Waals surface area (Å²) in [6.45, 7) is 2.66. The molecule has 2 heterocycles. The molecule has 0 aromatic carbocycles. The predicted molar refractivity (Wildman–Crippen MR) is 79.2 cm³/mol. The highest BCUT2D eigenvalue weighted by Gasteiger charge is 2.28. The smallest absolute Gasteiger partial charge is 0.252 e. The molecule has 1 aromatic rings. The van der Waals surface area contributed by atoms with Crippen LogP contribution in [0.5, 0.6) is 0 Å². The standard InChI is InChI=1S/C13H20N2O3S2/c1-11-6-3-4-8-15(11)12(16)10-14(2)20(17,18)13-7-5-9-19-13/h5,7,9,11H,3-4,6,8,10H2,1-2H3. The summed E-state index contributed by atoms with van der Waals surface area (Å²) < 4.78 is 25.9. The molecule has 7 heteroatoms. The second kappa shape index (κ2) is 6.24. The van der Waals surface area contributed by atoms with Gasteiger partial charge in [-0.2, -0.15) is 4.31 Å². The number of likely N-dealkylation sites (tertiary alicyclic amines) is 1. The minimum atomic E-state index is -3.54. The summed E-state index contributed by atoms with van der Waals surface area (Å²) in [5.41, 5.74) is 0. The molecule has 1 unspecified atom stereocenters. The van der Waals surface area contributed by atoms with E-state index in [1.807, 2.05) is 6.92 Å². The molecule has 112 valence electrons. The largest absolute Gasteiger partial charge is 0.339 e. The Morgan fingerprint density at radius 1 is 1.50 bits per heavy atom. The van der Waals surface area contributed by atoms with Crippen LogP contribution in [0.1, 0.15) is 26.2 Å². The van der Waals surface area contributed by atoms with Crippen LogP contribution in [0.25, 0.3) is 0 Å². The Bertz CT molecular complexity index is 554. The SMILES string of the molecule is CC1CCCCN1C(=O)CN(C)S(=O)(=O)c1cccs1. The zero-order valence-electron chi connectivity index (χ0n) is 11.8. The van der Waals surface area contributed by atoms with Gasteiger partial charge in [0.25, 0.3) is 10.0 Å². The van der Waals surface area contributed by atoms with Crippen LogP contribution >= 0.6 is 11.3 Å². The first kappa shape index (κ1) is 15.5. The number of amides is 1. The van der Waals surface area contributed by atoms with Gasteiger partial charge in [0, 0.05) is 19.6 Å². The molecule has 0 radical (unpaired) electrons. The van der Waals surface area contributed by atoms with E-state index in [1.165, 1.54) is 18.4 Å². The normalized spacial score (nSPS) is 20.4. The van der Waals surface area contributed by atoms with Gasteiger partial charge in [-0.3, -0.25) is 4.79 Å². The molecule has 1 saturated heterocycles. The molecule has 5 nitrogen and oxygen atoms in total. The van der Waals surface area contributed by atoms with Gasteiger partial charge in [0.05, 0.1) is 6.54 Å². The van der Waals surface area contributed by atoms with Crippen molar-refractivity contribution in [1.29, 1.82) is 0 Å². The molecule has 1 amide bonds. The van der Waals surface area contributed by atoms with Crippen molar-refractivity contribution in [2.75, 3.05) is 20.1 Å². The summed E-state index contributed by atoms with van der Waals surface area (Å²) in [5, 5.41) is 1.72. The maximum Gasteiger partial charge on any atom is 0.252 e. The summed E-state index contributed by atoms with van der Waals surface area (Å²) >= 11 is 1.17. The van der Waals surface area contributed by atoms with E-state index in [0.717, 1.165) is 30.1 Å². The van der Waals surface area contributed by atoms with Gasteiger partial charge in [-0.25, -0.2) is 8.42 Å². The van der Waals surface area contributed by atoms with Crippen LogP contribution in [0.4, 0.5) is 0 Å². The van der Waals surface area contributed by atoms with E-state index in [-0.39, 0.29) is 22.7 Å². The number of carbonyl (C=O) groups is 1. The van der Waals surface area contributed by atoms with Crippen LogP contribution in [0.3, 0.4) is 0 Å². The Balaban J connectivity index is 2.04. The predicted octanol–water partition coefficient (Wildman–Crippen LogP) is 1.77. The minimum Gasteiger partial charge on any atom is -0.339 e. The number of hydrogen-bond acceptors (Lipinski definition) is 4. The summed E-state index contributed by atoms with van der Waals surface area (Å²) in [7, 11) is -2.08. The van der Waals surface area contributed by atoms with Crippen molar-refractivity contribution in [2.45, 2.75) is 36.4 Å². The van der Waals surface area contributed by atoms with E-state index in [2.05, 4.69) is 0 Å². The van der Waals surface area contributed by atoms with E-state index in [0.29, 0.717) is 0 Å². The Morgan fingerprint density at radius 3 is 2.85 bits per heavy atom. The maximum absolute atomic E-state index is 12.3. The summed E-state index contributed by atoms with van der Waals surface area (Å²) in [5.74, 6) is -0.111. The van der Waals surface area contributed by atoms with Crippen molar-refractivity contribution in [2.24, 2.45) is 0 Å². The number of carbonyl (C=O) groups excluding carboxylic acids is 1. The van der Waals surface area contributed by atoms with E-state index >= 15 is 0 Å². The minimum absolute atomic E-state index is 0.0927. The maximum atomic E-state index is 12.3. The van der Waals surface area contributed by atoms with E-state index in [4.69, 9.17) is 0 Å². The van der Waals surface area contributed by atoms with Gasteiger partial charge < -0.3 is 4.90 Å². The van der Waals surface area contributed by atoms with Gasteiger partial charge in [-0.05, 0) is 37.6 Å². The topological polar surface area (TPSA) is 57.7 Å². The molecule has 1 fully saturated rings. The fraction of sp³-hybridized carbons (Fsp3) is 0.615. The first-order chi connectivity index (χ1) is 9.43. The van der Waals surface area contributed by atoms with Crippen molar-refractivity contribution in [3.8, 4) is 0 Å². The highest BCUT2D eigenvalue weighted by atomic mass is 32.2. The van der Waals surface area contributed by atoms with Crippen molar-refractivity contribution >= 4 is 27.3 Å². The third-order valence-corrected chi connectivity index (χ3v) is 6.82. The number of likely N-dealkylation sites (N-methyl/N-ethyl adjacent to an activating group) is 1. The highest BCUT2D eigenvalue weighted by Crippen LogP contribution is 2.21. The van der Waals surface area contributed by atoms with Crippen LogP contribution in [0.2, 0.25) is 0 Å². The summed E-state index contributed by atoms with van der Waals surface area (Å²) in [4.78, 5) is 14.1. The second-order valence-corrected chi connectivity index (χ2v) is 8.34. The monoisotopic (exact) mass is 316 g/mol. The average molecular weight is 316 g/mol. The van der Waals surface area contributed by atoms with Gasteiger partial charge in [0.15, 0.2) is 0 Å². The molecule has 2 rings (SSSR count). The lowest BCUT2D eigenvalue weighted by Crippen LogP contribution is -2.47. The number of piperidine rings is 1. The molecule has 1 atom stereocenters. The number of hydrogen-bond donors (Lipinski definition) is 0. The fourth-order valence-electron chi connectivity index (χ4n) is 2.40. The first-order valence-electron chi connectivity index (χ1n) is 6.72. The molecule has 0 N–H and O–H groups in total. The molecule has 0 aliphatic carbocycles. The number of thiophene rings is 1. The molecular formula is C13H20N2O3S2. The van der Waals surface area contributed by atoms with E-state index < -0.39 is 10.0 Å². The van der Waals surface area contributed by atoms with Crippen molar-refractivity contribution in [1.82, 2.24) is 9.21 Å². The lowest BCUT2D eigenvalue weighted by Gasteiger charge is -2.34. The average Bonchev–Trinajstić information content (AvgIpc) is 2.93. The molecule has 20 heavy (non-hydrogen) atoms. The Hall–Kier alpha value is -0.920. The zero-order chi connectivity index (χ0) is 14.8. The lowest BCUT2D eigenvalue weighted by molar-refractivity contribution is -0.134. The number of rotatable bonds is 4. The molecule has 1 aliphatic rings. The third-order valence-electron chi connectivity index (χ3n) is 3.64. The van der Waals surface area contributed by atoms with Crippen LogP contribution in [-0.4, -0.2) is 49.7 Å². The number of sulfonamides is 1. The highest BCUT2D eigenvalue weighted by molar-refractivity contribution is 7.91. The van der Waals surface area contributed by atoms with Gasteiger partial charge in [0.2, 0.25) is 5.91 Å². The van der Waals surface area contributed by atoms with Crippen molar-refractivity contribution in [3.63, 3.8) is 0 Å². The zero-order valence-corrected chi connectivity index (χ0v) is 13.4. The van der Waals surface area contributed by atoms with Gasteiger partial charge in [-0.15, -0.1) is 11.3 Å². The summed E-state index contributed by atoms with van der Waals surface area (Å²) in [6.07, 6.45) is 3.12. The first-order valence-corrected chi connectivity index (χ1v) is 9.04. The molecule has 0 spiro atoms. The quantitative estimate of drug-likeness (QED) is 0.850. The van der Waals surface area contributed by atoms with Crippen LogP contribution < -0.4 is 0 Å². The fourth-order valence-corrected chi connectivity index (χ4v) is 4.72. The van der Waals surface area contributed by atoms with Crippen LogP contribution in [-0.2, 0) is 14.8 Å². The Morgan fingerprint density at radius 2 is 2.25 bits per heavy atom. The molecule has 1 aliphatic heterocycles. The van der Waals surface area contributed by atoms with Gasteiger partial charge >= 0.3 is 0 Å². The third kappa shape index (κ3) is 3.21. The van der Waals surface area contributed by atoms with Crippen molar-refractivity contribution < 1.29 is 13.2 Å². The van der Waals surface area contributed by atoms with Crippen LogP contribution in [0.15, 0.2) is 21.7 Å². The number of nitrogens with zero attached hydrogens (tertiary/aromatic N) is 2. The Kier molecular flexibility index (Phi) is 4.82. The Labute approximate surface area is 124 Å². The molecule has 0 saturated carbocycles. The van der Waals surface area contributed by atoms with Crippen molar-refractivity contribution in [3.05, 3.63) is 17.5 Å². The summed E-state index contributed by atoms with van der Waals surface area (Å²) in [6, 6.07) is 3.46. The lowest BCUT2D eigenvalue weighted by atomic mass is 10.0. The second-order valence-electron chi connectivity index (χ2n) is 5.13.